The molecule has 0 fully saturated rings. The standard InChI is InChI=1S/C41H72N12O8S2/c1-25(2)22-32(40(60)61)52-37(57)30(17-21-63-3)50-35(55)28(15-7-9-18-42)49-39(59)33(24-62)53-36(56)29(16-8-10-19-43)48-38(58)31(23-26-12-5-4-6-13-26)51-34(54)27(44)14-11-20-47-41(45)46/h4-6,12-13,25,27-33,62H,7-11,14-24,42-44H2,1-3H3,(H,48,58)(H,49,59)(H,50,55)(H,51,54)(H,52,57)(H,53,56)(H,60,61)(H4,45,46,47). The summed E-state index contributed by atoms with van der Waals surface area (Å²) in [7, 11) is 0. The molecular weight excluding hydrogens is 853 g/mol. The molecule has 1 rings (SSSR count). The van der Waals surface area contributed by atoms with E-state index >= 15 is 0 Å². The second-order valence-electron chi connectivity index (χ2n) is 15.6. The van der Waals surface area contributed by atoms with Gasteiger partial charge in [0.1, 0.15) is 36.3 Å². The summed E-state index contributed by atoms with van der Waals surface area (Å²) in [6.07, 6.45) is 5.10. The van der Waals surface area contributed by atoms with Crippen molar-refractivity contribution < 1.29 is 38.7 Å². The average molecular weight is 925 g/mol. The Morgan fingerprint density at radius 1 is 0.651 bits per heavy atom. The van der Waals surface area contributed by atoms with E-state index in [0.29, 0.717) is 50.9 Å². The Morgan fingerprint density at radius 3 is 1.57 bits per heavy atom. The number of unbranched alkanes of at least 4 members (excludes halogenated alkanes) is 2. The van der Waals surface area contributed by atoms with E-state index in [4.69, 9.17) is 28.7 Å². The number of carbonyl (C=O) groups is 7. The summed E-state index contributed by atoms with van der Waals surface area (Å²) in [4.78, 5) is 97.8. The van der Waals surface area contributed by atoms with Gasteiger partial charge in [0.05, 0.1) is 6.04 Å². The molecule has 1 aromatic carbocycles. The highest BCUT2D eigenvalue weighted by Crippen LogP contribution is 2.11. The molecule has 0 saturated carbocycles. The quantitative estimate of drug-likeness (QED) is 0.0167. The summed E-state index contributed by atoms with van der Waals surface area (Å²) in [6, 6.07) is 0.930. The maximum absolute atomic E-state index is 13.9. The number of nitrogens with two attached hydrogens (primary N) is 5. The number of guanidine groups is 1. The molecule has 7 unspecified atom stereocenters. The second-order valence-corrected chi connectivity index (χ2v) is 17.0. The number of aliphatic carboxylic acids is 1. The first-order valence-electron chi connectivity index (χ1n) is 21.4. The van der Waals surface area contributed by atoms with Gasteiger partial charge in [-0.2, -0.15) is 24.4 Å². The van der Waals surface area contributed by atoms with Crippen molar-refractivity contribution >= 4 is 71.8 Å². The molecule has 0 aliphatic heterocycles. The molecule has 1 aromatic rings. The maximum atomic E-state index is 13.9. The van der Waals surface area contributed by atoms with E-state index in [1.54, 1.807) is 30.3 Å². The Kier molecular flexibility index (Phi) is 28.7. The number of carbonyl (C=O) groups excluding carboxylic acids is 6. The fourth-order valence-corrected chi connectivity index (χ4v) is 6.99. The van der Waals surface area contributed by atoms with Gasteiger partial charge in [0, 0.05) is 18.7 Å². The van der Waals surface area contributed by atoms with Crippen LogP contribution in [-0.4, -0.2) is 132 Å². The predicted octanol–water partition coefficient (Wildman–Crippen LogP) is -1.41. The first-order chi connectivity index (χ1) is 30.0. The summed E-state index contributed by atoms with van der Waals surface area (Å²) >= 11 is 5.75. The topological polar surface area (TPSA) is 354 Å². The largest absolute Gasteiger partial charge is 0.480 e. The second kappa shape index (κ2) is 32.1. The van der Waals surface area contributed by atoms with Gasteiger partial charge in [-0.05, 0) is 101 Å². The van der Waals surface area contributed by atoms with Gasteiger partial charge in [0.2, 0.25) is 35.4 Å². The van der Waals surface area contributed by atoms with Gasteiger partial charge in [0.25, 0.3) is 0 Å². The minimum atomic E-state index is -1.28. The van der Waals surface area contributed by atoms with E-state index < -0.39 is 83.7 Å². The van der Waals surface area contributed by atoms with Gasteiger partial charge in [-0.25, -0.2) is 4.79 Å². The van der Waals surface area contributed by atoms with Crippen LogP contribution in [0.15, 0.2) is 35.3 Å². The summed E-state index contributed by atoms with van der Waals surface area (Å²) in [5, 5.41) is 25.7. The first kappa shape index (κ1) is 56.4. The minimum Gasteiger partial charge on any atom is -0.480 e. The Bertz CT molecular complexity index is 1610. The summed E-state index contributed by atoms with van der Waals surface area (Å²) in [5.74, 6) is -5.15. The number of hydrogen-bond donors (Lipinski definition) is 13. The zero-order valence-electron chi connectivity index (χ0n) is 36.8. The Morgan fingerprint density at radius 2 is 1.11 bits per heavy atom. The predicted molar refractivity (Wildman–Crippen MR) is 249 cm³/mol. The third-order valence-electron chi connectivity index (χ3n) is 9.76. The monoisotopic (exact) mass is 925 g/mol. The van der Waals surface area contributed by atoms with E-state index in [1.165, 1.54) is 11.8 Å². The molecule has 0 aromatic heterocycles. The molecule has 22 heteroatoms. The van der Waals surface area contributed by atoms with Gasteiger partial charge in [0.15, 0.2) is 5.96 Å². The zero-order chi connectivity index (χ0) is 47.3. The van der Waals surface area contributed by atoms with Crippen molar-refractivity contribution in [1.82, 2.24) is 31.9 Å². The van der Waals surface area contributed by atoms with Gasteiger partial charge in [-0.1, -0.05) is 44.2 Å². The highest BCUT2D eigenvalue weighted by atomic mass is 32.2. The van der Waals surface area contributed by atoms with Crippen LogP contribution in [-0.2, 0) is 40.0 Å². The number of nitrogens with zero attached hydrogens (tertiary/aromatic N) is 1. The number of hydrogen-bond acceptors (Lipinski definition) is 13. The molecule has 0 aliphatic carbocycles. The van der Waals surface area contributed by atoms with Crippen LogP contribution >= 0.6 is 24.4 Å². The summed E-state index contributed by atoms with van der Waals surface area (Å²) in [6.45, 7) is 4.56. The molecule has 0 spiro atoms. The number of carboxylic acids is 1. The highest BCUT2D eigenvalue weighted by Gasteiger charge is 2.33. The van der Waals surface area contributed by atoms with Crippen molar-refractivity contribution in [1.29, 1.82) is 0 Å². The smallest absolute Gasteiger partial charge is 0.326 e. The lowest BCUT2D eigenvalue weighted by Crippen LogP contribution is -2.60. The van der Waals surface area contributed by atoms with Crippen LogP contribution in [0.1, 0.15) is 83.6 Å². The van der Waals surface area contributed by atoms with Crippen molar-refractivity contribution in [2.45, 2.75) is 127 Å². The lowest BCUT2D eigenvalue weighted by atomic mass is 10.0. The third kappa shape index (κ3) is 23.6. The van der Waals surface area contributed by atoms with E-state index in [2.05, 4.69) is 49.5 Å². The van der Waals surface area contributed by atoms with Crippen LogP contribution in [0.4, 0.5) is 0 Å². The van der Waals surface area contributed by atoms with Crippen molar-refractivity contribution in [3.05, 3.63) is 35.9 Å². The Labute approximate surface area is 380 Å². The number of thioether (sulfide) groups is 1. The van der Waals surface area contributed by atoms with Crippen molar-refractivity contribution in [3.63, 3.8) is 0 Å². The summed E-state index contributed by atoms with van der Waals surface area (Å²) < 4.78 is 0. The maximum Gasteiger partial charge on any atom is 0.326 e. The van der Waals surface area contributed by atoms with Crippen LogP contribution in [0.3, 0.4) is 0 Å². The van der Waals surface area contributed by atoms with Crippen LogP contribution in [0, 0.1) is 5.92 Å². The lowest BCUT2D eigenvalue weighted by molar-refractivity contribution is -0.142. The number of carboxylic acid groups (broad SMARTS) is 1. The van der Waals surface area contributed by atoms with Crippen LogP contribution in [0.25, 0.3) is 0 Å². The molecule has 17 N–H and O–H groups in total. The molecule has 0 aliphatic rings. The molecule has 0 radical (unpaired) electrons. The Balaban J connectivity index is 3.29. The van der Waals surface area contributed by atoms with E-state index in [9.17, 15) is 38.7 Å². The third-order valence-corrected chi connectivity index (χ3v) is 10.8. The molecule has 0 bridgehead atoms. The highest BCUT2D eigenvalue weighted by molar-refractivity contribution is 7.98. The Hall–Kier alpha value is -4.64. The number of rotatable bonds is 33. The van der Waals surface area contributed by atoms with Crippen LogP contribution in [0.2, 0.25) is 0 Å². The van der Waals surface area contributed by atoms with Gasteiger partial charge >= 0.3 is 5.97 Å². The normalized spacial score (nSPS) is 14.4. The minimum absolute atomic E-state index is 0.0285. The molecule has 63 heavy (non-hydrogen) atoms. The number of thiol groups is 1. The molecule has 356 valence electrons. The van der Waals surface area contributed by atoms with Crippen LogP contribution in [0.5, 0.6) is 0 Å². The number of aliphatic imine (C=N–C) groups is 1. The van der Waals surface area contributed by atoms with Crippen LogP contribution < -0.4 is 60.6 Å². The van der Waals surface area contributed by atoms with Gasteiger partial charge < -0.3 is 65.7 Å². The fourth-order valence-electron chi connectivity index (χ4n) is 6.26. The molecule has 20 nitrogen and oxygen atoms in total. The molecule has 0 heterocycles. The van der Waals surface area contributed by atoms with Gasteiger partial charge in [-0.3, -0.25) is 33.8 Å². The molecule has 6 amide bonds. The fraction of sp³-hybridized carbons (Fsp3) is 0.659. The number of benzene rings is 1. The SMILES string of the molecule is CSCCC(NC(=O)C(CCCCN)NC(=O)C(CS)NC(=O)C(CCCCN)NC(=O)C(Cc1ccccc1)NC(=O)C(N)CCCN=C(N)N)C(=O)NC(CC(C)C)C(=O)O. The molecule has 7 atom stereocenters. The van der Waals surface area contributed by atoms with Crippen molar-refractivity contribution in [2.75, 3.05) is 37.4 Å². The number of amides is 6. The summed E-state index contributed by atoms with van der Waals surface area (Å²) in [5.41, 5.74) is 29.1. The van der Waals surface area contributed by atoms with Crippen molar-refractivity contribution in [2.24, 2.45) is 39.6 Å². The average Bonchev–Trinajstić information content (AvgIpc) is 3.24. The lowest BCUT2D eigenvalue weighted by Gasteiger charge is -2.27. The zero-order valence-corrected chi connectivity index (χ0v) is 38.5. The molecule has 0 saturated heterocycles. The first-order valence-corrected chi connectivity index (χ1v) is 23.4. The number of nitrogens with one attached hydrogen (secondary N) is 6. The van der Waals surface area contributed by atoms with Crippen molar-refractivity contribution in [3.8, 4) is 0 Å². The van der Waals surface area contributed by atoms with E-state index in [1.807, 2.05) is 20.1 Å². The van der Waals surface area contributed by atoms with Gasteiger partial charge in [-0.15, -0.1) is 0 Å². The van der Waals surface area contributed by atoms with E-state index in [-0.39, 0.29) is 62.7 Å². The van der Waals surface area contributed by atoms with E-state index in [0.717, 1.165) is 5.56 Å². The molecular formula is C41H72N12O8S2.